The van der Waals surface area contributed by atoms with Gasteiger partial charge in [0.2, 0.25) is 0 Å². The molecule has 19 heavy (non-hydrogen) atoms. The zero-order chi connectivity index (χ0) is 13.2. The number of rotatable bonds is 2. The summed E-state index contributed by atoms with van der Waals surface area (Å²) >= 11 is 0. The zero-order valence-electron chi connectivity index (χ0n) is 10.3. The van der Waals surface area contributed by atoms with Gasteiger partial charge in [0.05, 0.1) is 24.4 Å². The number of H-pyrrole nitrogens is 2. The van der Waals surface area contributed by atoms with E-state index in [9.17, 15) is 9.90 Å². The van der Waals surface area contributed by atoms with Gasteiger partial charge in [-0.25, -0.2) is 4.98 Å². The summed E-state index contributed by atoms with van der Waals surface area (Å²) in [6.07, 6.45) is 5.20. The molecule has 0 fully saturated rings. The van der Waals surface area contributed by atoms with Crippen LogP contribution in [0.15, 0.2) is 18.7 Å². The van der Waals surface area contributed by atoms with Gasteiger partial charge in [-0.3, -0.25) is 9.89 Å². The number of fused-ring (bicyclic) bond motifs is 1. The van der Waals surface area contributed by atoms with Gasteiger partial charge in [0, 0.05) is 24.3 Å². The number of imidazole rings is 1. The Hall–Kier alpha value is -2.15. The maximum Gasteiger partial charge on any atom is 0.257 e. The number of aromatic amines is 2. The summed E-state index contributed by atoms with van der Waals surface area (Å²) in [6, 6.07) is 0. The Bertz CT molecular complexity index is 562. The number of aliphatic hydroxyl groups is 1. The number of aromatic nitrogens is 4. The molecule has 0 saturated carbocycles. The lowest BCUT2D eigenvalue weighted by Gasteiger charge is -2.22. The first kappa shape index (κ1) is 11.9. The summed E-state index contributed by atoms with van der Waals surface area (Å²) in [4.78, 5) is 20.5. The van der Waals surface area contributed by atoms with E-state index in [1.165, 1.54) is 12.5 Å². The summed E-state index contributed by atoms with van der Waals surface area (Å²) in [5, 5.41) is 17.0. The highest BCUT2D eigenvalue weighted by atomic mass is 16.3. The molecule has 1 amide bonds. The van der Waals surface area contributed by atoms with Crippen molar-refractivity contribution in [3.8, 4) is 0 Å². The Morgan fingerprint density at radius 3 is 3.16 bits per heavy atom. The number of hydrogen-bond acceptors (Lipinski definition) is 4. The largest absolute Gasteiger partial charge is 0.377 e. The van der Waals surface area contributed by atoms with Crippen LogP contribution in [0.4, 0.5) is 0 Å². The molecule has 0 aromatic carbocycles. The molecular weight excluding hydrogens is 246 g/mol. The molecule has 2 aromatic rings. The monoisotopic (exact) mass is 261 g/mol. The third kappa shape index (κ3) is 2.24. The van der Waals surface area contributed by atoms with Crippen molar-refractivity contribution in [1.29, 1.82) is 0 Å². The van der Waals surface area contributed by atoms with E-state index in [-0.39, 0.29) is 5.91 Å². The van der Waals surface area contributed by atoms with Crippen molar-refractivity contribution in [3.63, 3.8) is 0 Å². The van der Waals surface area contributed by atoms with E-state index in [0.29, 0.717) is 18.8 Å². The molecule has 3 heterocycles. The van der Waals surface area contributed by atoms with Gasteiger partial charge in [-0.15, -0.1) is 0 Å². The molecule has 0 bridgehead atoms. The van der Waals surface area contributed by atoms with E-state index in [2.05, 4.69) is 20.2 Å². The van der Waals surface area contributed by atoms with Crippen molar-refractivity contribution < 1.29 is 9.90 Å². The van der Waals surface area contributed by atoms with E-state index in [1.807, 2.05) is 0 Å². The van der Waals surface area contributed by atoms with Crippen LogP contribution in [0, 0.1) is 0 Å². The first-order chi connectivity index (χ1) is 9.25. The van der Waals surface area contributed by atoms with E-state index in [1.54, 1.807) is 11.1 Å². The van der Waals surface area contributed by atoms with E-state index in [0.717, 1.165) is 24.1 Å². The second-order valence-electron chi connectivity index (χ2n) is 4.65. The molecule has 1 aliphatic rings. The van der Waals surface area contributed by atoms with Gasteiger partial charge in [-0.05, 0) is 12.8 Å². The third-order valence-electron chi connectivity index (χ3n) is 3.38. The predicted octanol–water partition coefficient (Wildman–Crippen LogP) is 0.141. The molecule has 0 spiro atoms. The number of aliphatic hydroxyl groups excluding tert-OH is 1. The summed E-state index contributed by atoms with van der Waals surface area (Å²) < 4.78 is 0. The Morgan fingerprint density at radius 1 is 1.47 bits per heavy atom. The number of carbonyl (C=O) groups is 1. The molecule has 0 radical (unpaired) electrons. The van der Waals surface area contributed by atoms with E-state index >= 15 is 0 Å². The van der Waals surface area contributed by atoms with Crippen LogP contribution >= 0.6 is 0 Å². The van der Waals surface area contributed by atoms with E-state index in [4.69, 9.17) is 0 Å². The van der Waals surface area contributed by atoms with Crippen LogP contribution in [0.25, 0.3) is 0 Å². The molecule has 1 unspecified atom stereocenters. The number of nitrogens with zero attached hydrogens (tertiary/aromatic N) is 3. The maximum absolute atomic E-state index is 12.3. The topological polar surface area (TPSA) is 97.9 Å². The number of aryl methyl sites for hydroxylation is 1. The maximum atomic E-state index is 12.3. The lowest BCUT2D eigenvalue weighted by atomic mass is 10.2. The van der Waals surface area contributed by atoms with Crippen LogP contribution in [0.3, 0.4) is 0 Å². The lowest BCUT2D eigenvalue weighted by Crippen LogP contribution is -2.35. The van der Waals surface area contributed by atoms with Crippen LogP contribution in [0.2, 0.25) is 0 Å². The van der Waals surface area contributed by atoms with Gasteiger partial charge >= 0.3 is 0 Å². The number of amides is 1. The summed E-state index contributed by atoms with van der Waals surface area (Å²) in [5.74, 6) is -0.307. The minimum atomic E-state index is -1.18. The van der Waals surface area contributed by atoms with Gasteiger partial charge in [0.25, 0.3) is 5.91 Å². The van der Waals surface area contributed by atoms with E-state index < -0.39 is 6.10 Å². The van der Waals surface area contributed by atoms with Gasteiger partial charge in [0.15, 0.2) is 6.10 Å². The lowest BCUT2D eigenvalue weighted by molar-refractivity contribution is -0.141. The zero-order valence-corrected chi connectivity index (χ0v) is 10.3. The van der Waals surface area contributed by atoms with Crippen molar-refractivity contribution in [2.24, 2.45) is 0 Å². The molecule has 3 N–H and O–H groups in total. The third-order valence-corrected chi connectivity index (χ3v) is 3.38. The fraction of sp³-hybridized carbons (Fsp3) is 0.417. The SMILES string of the molecule is O=C(C(O)c1cnc[nH]1)N1CCCc2[nH]ncc2C1. The molecule has 100 valence electrons. The molecule has 1 aliphatic heterocycles. The minimum Gasteiger partial charge on any atom is -0.377 e. The highest BCUT2D eigenvalue weighted by Gasteiger charge is 2.27. The smallest absolute Gasteiger partial charge is 0.257 e. The quantitative estimate of drug-likeness (QED) is 0.716. The Balaban J connectivity index is 1.77. The molecule has 1 atom stereocenters. The average Bonchev–Trinajstić information content (AvgIpc) is 3.05. The predicted molar refractivity (Wildman–Crippen MR) is 65.9 cm³/mol. The van der Waals surface area contributed by atoms with Crippen molar-refractivity contribution in [3.05, 3.63) is 35.7 Å². The Labute approximate surface area is 109 Å². The average molecular weight is 261 g/mol. The fourth-order valence-corrected chi connectivity index (χ4v) is 2.33. The molecule has 2 aromatic heterocycles. The molecular formula is C12H15N5O2. The first-order valence-corrected chi connectivity index (χ1v) is 6.22. The highest BCUT2D eigenvalue weighted by molar-refractivity contribution is 5.81. The highest BCUT2D eigenvalue weighted by Crippen LogP contribution is 2.20. The van der Waals surface area contributed by atoms with Crippen LogP contribution in [0.1, 0.15) is 29.5 Å². The molecule has 3 rings (SSSR count). The Morgan fingerprint density at radius 2 is 2.37 bits per heavy atom. The van der Waals surface area contributed by atoms with Gasteiger partial charge < -0.3 is 15.0 Å². The number of carbonyl (C=O) groups excluding carboxylic acids is 1. The summed E-state index contributed by atoms with van der Waals surface area (Å²) in [5.41, 5.74) is 2.51. The first-order valence-electron chi connectivity index (χ1n) is 6.22. The van der Waals surface area contributed by atoms with Crippen molar-refractivity contribution in [2.45, 2.75) is 25.5 Å². The van der Waals surface area contributed by atoms with Crippen molar-refractivity contribution in [2.75, 3.05) is 6.54 Å². The Kier molecular flexibility index (Phi) is 3.04. The summed E-state index contributed by atoms with van der Waals surface area (Å²) in [6.45, 7) is 1.11. The molecule has 7 nitrogen and oxygen atoms in total. The van der Waals surface area contributed by atoms with Crippen LogP contribution in [0.5, 0.6) is 0 Å². The molecule has 7 heteroatoms. The molecule has 0 saturated heterocycles. The second kappa shape index (κ2) is 4.85. The van der Waals surface area contributed by atoms with Crippen molar-refractivity contribution in [1.82, 2.24) is 25.1 Å². The van der Waals surface area contributed by atoms with Gasteiger partial charge in [0.1, 0.15) is 0 Å². The van der Waals surface area contributed by atoms with Gasteiger partial charge in [-0.1, -0.05) is 0 Å². The minimum absolute atomic E-state index is 0.307. The molecule has 0 aliphatic carbocycles. The fourth-order valence-electron chi connectivity index (χ4n) is 2.33. The number of hydrogen-bond donors (Lipinski definition) is 3. The summed E-state index contributed by atoms with van der Waals surface area (Å²) in [7, 11) is 0. The van der Waals surface area contributed by atoms with Crippen LogP contribution in [-0.4, -0.2) is 42.6 Å². The van der Waals surface area contributed by atoms with Crippen molar-refractivity contribution >= 4 is 5.91 Å². The second-order valence-corrected chi connectivity index (χ2v) is 4.65. The van der Waals surface area contributed by atoms with Crippen LogP contribution in [-0.2, 0) is 17.8 Å². The normalized spacial score (nSPS) is 16.8. The standard InChI is InChI=1S/C12H15N5O2/c18-11(10-5-13-7-14-10)12(19)17-3-1-2-9-8(6-17)4-15-16-9/h4-5,7,11,18H,1-3,6H2,(H,13,14)(H,15,16). The number of nitrogens with one attached hydrogen (secondary N) is 2. The van der Waals surface area contributed by atoms with Crippen LogP contribution < -0.4 is 0 Å². The van der Waals surface area contributed by atoms with Gasteiger partial charge in [-0.2, -0.15) is 5.10 Å².